The van der Waals surface area contributed by atoms with Crippen molar-refractivity contribution in [3.63, 3.8) is 0 Å². The Bertz CT molecular complexity index is 964. The van der Waals surface area contributed by atoms with Gasteiger partial charge in [0.05, 0.1) is 11.5 Å². The van der Waals surface area contributed by atoms with Gasteiger partial charge in [-0.15, -0.1) is 0 Å². The first kappa shape index (κ1) is 23.5. The van der Waals surface area contributed by atoms with Crippen LogP contribution in [0.15, 0.2) is 47.4 Å². The Hall–Kier alpha value is -2.74. The number of nitrogens with one attached hydrogen (secondary N) is 2. The van der Waals surface area contributed by atoms with E-state index in [1.54, 1.807) is 37.3 Å². The molecule has 8 heteroatoms. The summed E-state index contributed by atoms with van der Waals surface area (Å²) in [5.74, 6) is 0.906. The molecule has 0 saturated heterocycles. The van der Waals surface area contributed by atoms with Crippen molar-refractivity contribution in [3.8, 4) is 11.5 Å². The van der Waals surface area contributed by atoms with E-state index in [2.05, 4.69) is 10.0 Å². The van der Waals surface area contributed by atoms with Crippen LogP contribution in [-0.2, 0) is 14.8 Å². The third-order valence-electron chi connectivity index (χ3n) is 4.05. The number of carbonyl (C=O) groups is 1. The number of rotatable bonds is 9. The molecule has 0 bridgehead atoms. The monoisotopic (exact) mass is 434 g/mol. The average Bonchev–Trinajstić information content (AvgIpc) is 2.66. The van der Waals surface area contributed by atoms with Crippen LogP contribution >= 0.6 is 0 Å². The maximum absolute atomic E-state index is 12.7. The van der Waals surface area contributed by atoms with E-state index in [-0.39, 0.29) is 22.8 Å². The summed E-state index contributed by atoms with van der Waals surface area (Å²) < 4.78 is 38.8. The smallest absolute Gasteiger partial charge is 0.261 e. The van der Waals surface area contributed by atoms with Crippen molar-refractivity contribution >= 4 is 21.6 Å². The summed E-state index contributed by atoms with van der Waals surface area (Å²) in [5.41, 5.74) is 1.04. The Kier molecular flexibility index (Phi) is 7.72. The number of hydrogen-bond donors (Lipinski definition) is 2. The standard InChI is InChI=1S/C22H30N2O5S/c1-6-28-18-9-7-17(8-10-18)24-30(26,27)19-11-12-20(16(2)13-19)29-14-21(25)23-15-22(3,4)5/h7-13,24H,6,14-15H2,1-5H3,(H,23,25). The van der Waals surface area contributed by atoms with Crippen molar-refractivity contribution in [2.45, 2.75) is 39.5 Å². The zero-order chi connectivity index (χ0) is 22.4. The maximum atomic E-state index is 12.7. The molecule has 0 spiro atoms. The number of benzene rings is 2. The van der Waals surface area contributed by atoms with Crippen LogP contribution in [0.25, 0.3) is 0 Å². The molecular formula is C22H30N2O5S. The van der Waals surface area contributed by atoms with Gasteiger partial charge in [-0.2, -0.15) is 0 Å². The summed E-state index contributed by atoms with van der Waals surface area (Å²) in [6, 6.07) is 11.2. The molecule has 30 heavy (non-hydrogen) atoms. The molecule has 2 aromatic carbocycles. The number of amides is 1. The van der Waals surface area contributed by atoms with Crippen LogP contribution < -0.4 is 19.5 Å². The molecule has 0 aliphatic heterocycles. The average molecular weight is 435 g/mol. The van der Waals surface area contributed by atoms with Crippen LogP contribution in [0.3, 0.4) is 0 Å². The van der Waals surface area contributed by atoms with Gasteiger partial charge >= 0.3 is 0 Å². The summed E-state index contributed by atoms with van der Waals surface area (Å²) in [6.45, 7) is 10.6. The number of anilines is 1. The summed E-state index contributed by atoms with van der Waals surface area (Å²) >= 11 is 0. The van der Waals surface area contributed by atoms with Gasteiger partial charge in [0, 0.05) is 12.2 Å². The molecule has 0 saturated carbocycles. The van der Waals surface area contributed by atoms with Crippen molar-refractivity contribution in [1.29, 1.82) is 0 Å². The molecule has 0 aliphatic rings. The van der Waals surface area contributed by atoms with Crippen LogP contribution in [0, 0.1) is 12.3 Å². The van der Waals surface area contributed by atoms with Gasteiger partial charge in [0.1, 0.15) is 11.5 Å². The van der Waals surface area contributed by atoms with Gasteiger partial charge in [0.2, 0.25) is 0 Å². The van der Waals surface area contributed by atoms with Crippen molar-refractivity contribution < 1.29 is 22.7 Å². The molecule has 0 atom stereocenters. The molecule has 2 rings (SSSR count). The minimum atomic E-state index is -3.76. The van der Waals surface area contributed by atoms with Gasteiger partial charge in [0.25, 0.3) is 15.9 Å². The van der Waals surface area contributed by atoms with Crippen LogP contribution in [0.5, 0.6) is 11.5 Å². The number of sulfonamides is 1. The lowest BCUT2D eigenvalue weighted by Gasteiger charge is -2.19. The summed E-state index contributed by atoms with van der Waals surface area (Å²) in [4.78, 5) is 12.0. The highest BCUT2D eigenvalue weighted by molar-refractivity contribution is 7.92. The van der Waals surface area contributed by atoms with Gasteiger partial charge in [-0.05, 0) is 67.3 Å². The normalized spacial score (nSPS) is 11.6. The second kappa shape index (κ2) is 9.84. The summed E-state index contributed by atoms with van der Waals surface area (Å²) in [5, 5.41) is 2.81. The van der Waals surface area contributed by atoms with E-state index in [1.165, 1.54) is 12.1 Å². The Morgan fingerprint density at radius 2 is 1.70 bits per heavy atom. The number of aryl methyl sites for hydroxylation is 1. The first-order chi connectivity index (χ1) is 14.0. The Labute approximate surface area is 178 Å². The molecular weight excluding hydrogens is 404 g/mol. The van der Waals surface area contributed by atoms with E-state index in [4.69, 9.17) is 9.47 Å². The van der Waals surface area contributed by atoms with Gasteiger partial charge in [-0.3, -0.25) is 9.52 Å². The third kappa shape index (κ3) is 7.26. The fourth-order valence-corrected chi connectivity index (χ4v) is 3.65. The molecule has 0 radical (unpaired) electrons. The first-order valence-corrected chi connectivity index (χ1v) is 11.2. The maximum Gasteiger partial charge on any atom is 0.261 e. The fourth-order valence-electron chi connectivity index (χ4n) is 2.51. The fraction of sp³-hybridized carbons (Fsp3) is 0.409. The van der Waals surface area contributed by atoms with Gasteiger partial charge in [-0.25, -0.2) is 8.42 Å². The Morgan fingerprint density at radius 3 is 2.27 bits per heavy atom. The molecule has 7 nitrogen and oxygen atoms in total. The first-order valence-electron chi connectivity index (χ1n) is 9.76. The highest BCUT2D eigenvalue weighted by Gasteiger charge is 2.17. The topological polar surface area (TPSA) is 93.7 Å². The quantitative estimate of drug-likeness (QED) is 0.627. The number of hydrogen-bond acceptors (Lipinski definition) is 5. The minimum Gasteiger partial charge on any atom is -0.494 e. The molecule has 2 aromatic rings. The zero-order valence-electron chi connectivity index (χ0n) is 18.1. The SMILES string of the molecule is CCOc1ccc(NS(=O)(=O)c2ccc(OCC(=O)NCC(C)(C)C)c(C)c2)cc1. The highest BCUT2D eigenvalue weighted by Crippen LogP contribution is 2.24. The summed E-state index contributed by atoms with van der Waals surface area (Å²) in [6.07, 6.45) is 0. The lowest BCUT2D eigenvalue weighted by molar-refractivity contribution is -0.123. The Balaban J connectivity index is 2.01. The number of ether oxygens (including phenoxy) is 2. The van der Waals surface area contributed by atoms with Gasteiger partial charge < -0.3 is 14.8 Å². The van der Waals surface area contributed by atoms with Crippen LogP contribution in [0.1, 0.15) is 33.3 Å². The van der Waals surface area contributed by atoms with E-state index in [0.29, 0.717) is 35.9 Å². The van der Waals surface area contributed by atoms with E-state index in [0.717, 1.165) is 0 Å². The van der Waals surface area contributed by atoms with Crippen LogP contribution in [0.2, 0.25) is 0 Å². The van der Waals surface area contributed by atoms with Crippen molar-refractivity contribution in [2.24, 2.45) is 5.41 Å². The predicted molar refractivity (Wildman–Crippen MR) is 118 cm³/mol. The van der Waals surface area contributed by atoms with Gasteiger partial charge in [-0.1, -0.05) is 20.8 Å². The van der Waals surface area contributed by atoms with E-state index < -0.39 is 10.0 Å². The molecule has 164 valence electrons. The van der Waals surface area contributed by atoms with Crippen molar-refractivity contribution in [1.82, 2.24) is 5.32 Å². The van der Waals surface area contributed by atoms with Gasteiger partial charge in [0.15, 0.2) is 6.61 Å². The third-order valence-corrected chi connectivity index (χ3v) is 5.43. The molecule has 1 amide bonds. The van der Waals surface area contributed by atoms with Crippen molar-refractivity contribution in [2.75, 3.05) is 24.5 Å². The van der Waals surface area contributed by atoms with E-state index in [1.807, 2.05) is 27.7 Å². The minimum absolute atomic E-state index is 0.0159. The second-order valence-electron chi connectivity index (χ2n) is 8.12. The molecule has 0 heterocycles. The van der Waals surface area contributed by atoms with Crippen LogP contribution in [0.4, 0.5) is 5.69 Å². The molecule has 2 N–H and O–H groups in total. The lowest BCUT2D eigenvalue weighted by atomic mass is 9.97. The molecule has 0 aliphatic carbocycles. The molecule has 0 fully saturated rings. The zero-order valence-corrected chi connectivity index (χ0v) is 18.9. The largest absolute Gasteiger partial charge is 0.494 e. The molecule has 0 aromatic heterocycles. The van der Waals surface area contributed by atoms with Crippen molar-refractivity contribution in [3.05, 3.63) is 48.0 Å². The molecule has 0 unspecified atom stereocenters. The number of carbonyl (C=O) groups excluding carboxylic acids is 1. The Morgan fingerprint density at radius 1 is 1.03 bits per heavy atom. The second-order valence-corrected chi connectivity index (χ2v) is 9.80. The van der Waals surface area contributed by atoms with Crippen LogP contribution in [-0.4, -0.2) is 34.1 Å². The summed E-state index contributed by atoms with van der Waals surface area (Å²) in [7, 11) is -3.76. The predicted octanol–water partition coefficient (Wildman–Crippen LogP) is 3.74. The van der Waals surface area contributed by atoms with E-state index >= 15 is 0 Å². The lowest BCUT2D eigenvalue weighted by Crippen LogP contribution is -2.35. The highest BCUT2D eigenvalue weighted by atomic mass is 32.2. The van der Waals surface area contributed by atoms with E-state index in [9.17, 15) is 13.2 Å².